The van der Waals surface area contributed by atoms with Gasteiger partial charge in [0.05, 0.1) is 12.7 Å². The zero-order valence-corrected chi connectivity index (χ0v) is 13.9. The van der Waals surface area contributed by atoms with Crippen LogP contribution in [0.3, 0.4) is 0 Å². The summed E-state index contributed by atoms with van der Waals surface area (Å²) in [6, 6.07) is 16.8. The van der Waals surface area contributed by atoms with Crippen LogP contribution in [-0.4, -0.2) is 37.4 Å². The first-order chi connectivity index (χ1) is 11.6. The van der Waals surface area contributed by atoms with Gasteiger partial charge in [0.15, 0.2) is 0 Å². The highest BCUT2D eigenvalue weighted by molar-refractivity contribution is 5.89. The summed E-state index contributed by atoms with van der Waals surface area (Å²) in [5, 5.41) is 13.3. The second kappa shape index (κ2) is 9.05. The third-order valence-corrected chi connectivity index (χ3v) is 3.68. The molecule has 5 nitrogen and oxygen atoms in total. The fourth-order valence-corrected chi connectivity index (χ4v) is 2.23. The van der Waals surface area contributed by atoms with Crippen molar-refractivity contribution in [2.45, 2.75) is 19.1 Å². The van der Waals surface area contributed by atoms with E-state index >= 15 is 0 Å². The molecule has 0 aromatic heterocycles. The molecule has 2 atom stereocenters. The minimum atomic E-state index is -0.628. The zero-order valence-electron chi connectivity index (χ0n) is 13.9. The van der Waals surface area contributed by atoms with Crippen LogP contribution >= 0.6 is 0 Å². The van der Waals surface area contributed by atoms with Gasteiger partial charge in [-0.15, -0.1) is 0 Å². The number of aliphatic hydroxyl groups is 1. The number of carbonyl (C=O) groups excluding carboxylic acids is 1. The van der Waals surface area contributed by atoms with Crippen molar-refractivity contribution in [2.24, 2.45) is 0 Å². The lowest BCUT2D eigenvalue weighted by Crippen LogP contribution is -2.33. The molecule has 0 spiro atoms. The Morgan fingerprint density at radius 1 is 1.12 bits per heavy atom. The first kappa shape index (κ1) is 18.0. The van der Waals surface area contributed by atoms with Crippen LogP contribution in [0.1, 0.15) is 28.9 Å². The summed E-state index contributed by atoms with van der Waals surface area (Å²) < 4.78 is 10.2. The lowest BCUT2D eigenvalue weighted by Gasteiger charge is -2.18. The summed E-state index contributed by atoms with van der Waals surface area (Å²) in [6.07, 6.45) is -0.628. The topological polar surface area (TPSA) is 67.8 Å². The Labute approximate surface area is 142 Å². The second-order valence-electron chi connectivity index (χ2n) is 5.52. The Hall–Kier alpha value is -2.37. The summed E-state index contributed by atoms with van der Waals surface area (Å²) in [6.45, 7) is 2.65. The molecule has 0 amide bonds. The number of rotatable bonds is 8. The number of esters is 1. The van der Waals surface area contributed by atoms with Gasteiger partial charge in [-0.3, -0.25) is 0 Å². The van der Waals surface area contributed by atoms with Gasteiger partial charge in [0, 0.05) is 12.6 Å². The highest BCUT2D eigenvalue weighted by Gasteiger charge is 2.10. The van der Waals surface area contributed by atoms with Crippen LogP contribution < -0.4 is 10.1 Å². The molecule has 24 heavy (non-hydrogen) atoms. The van der Waals surface area contributed by atoms with E-state index in [-0.39, 0.29) is 18.6 Å². The predicted molar refractivity (Wildman–Crippen MR) is 92.1 cm³/mol. The minimum Gasteiger partial charge on any atom is -0.491 e. The van der Waals surface area contributed by atoms with E-state index < -0.39 is 6.10 Å². The van der Waals surface area contributed by atoms with E-state index in [4.69, 9.17) is 4.74 Å². The number of ether oxygens (including phenoxy) is 2. The molecule has 128 valence electrons. The second-order valence-corrected chi connectivity index (χ2v) is 5.52. The Morgan fingerprint density at radius 3 is 2.42 bits per heavy atom. The summed E-state index contributed by atoms with van der Waals surface area (Å²) in [7, 11) is 1.34. The van der Waals surface area contributed by atoms with Crippen molar-refractivity contribution in [1.29, 1.82) is 0 Å². The van der Waals surface area contributed by atoms with Gasteiger partial charge in [0.25, 0.3) is 0 Å². The number of nitrogens with one attached hydrogen (secondary N) is 1. The molecule has 2 rings (SSSR count). The van der Waals surface area contributed by atoms with Crippen molar-refractivity contribution >= 4 is 5.97 Å². The predicted octanol–water partition coefficient (Wildman–Crippen LogP) is 2.56. The number of hydrogen-bond donors (Lipinski definition) is 2. The van der Waals surface area contributed by atoms with Gasteiger partial charge in [-0.25, -0.2) is 4.79 Å². The number of hydrogen-bond acceptors (Lipinski definition) is 5. The number of carbonyl (C=O) groups is 1. The molecule has 0 heterocycles. The average molecular weight is 329 g/mol. The lowest BCUT2D eigenvalue weighted by atomic mass is 10.1. The molecule has 2 aromatic carbocycles. The molecule has 0 fully saturated rings. The Kier molecular flexibility index (Phi) is 6.78. The van der Waals surface area contributed by atoms with Crippen LogP contribution in [0.2, 0.25) is 0 Å². The van der Waals surface area contributed by atoms with E-state index in [9.17, 15) is 9.90 Å². The maximum Gasteiger partial charge on any atom is 0.337 e. The van der Waals surface area contributed by atoms with Crippen LogP contribution in [-0.2, 0) is 4.74 Å². The largest absolute Gasteiger partial charge is 0.491 e. The molecule has 0 unspecified atom stereocenters. The normalized spacial score (nSPS) is 13.1. The molecule has 0 saturated heterocycles. The SMILES string of the molecule is COC(=O)c1ccc(OC[C@@H](O)CN[C@@H](C)c2ccccc2)cc1. The van der Waals surface area contributed by atoms with Crippen molar-refractivity contribution in [3.05, 3.63) is 65.7 Å². The molecule has 0 saturated carbocycles. The summed E-state index contributed by atoms with van der Waals surface area (Å²) in [4.78, 5) is 11.3. The minimum absolute atomic E-state index is 0.153. The number of aliphatic hydroxyl groups excluding tert-OH is 1. The fourth-order valence-electron chi connectivity index (χ4n) is 2.23. The number of methoxy groups -OCH3 is 1. The van der Waals surface area contributed by atoms with Crippen molar-refractivity contribution in [2.75, 3.05) is 20.3 Å². The molecule has 2 N–H and O–H groups in total. The van der Waals surface area contributed by atoms with Gasteiger partial charge < -0.3 is 19.9 Å². The van der Waals surface area contributed by atoms with Gasteiger partial charge >= 0.3 is 5.97 Å². The summed E-state index contributed by atoms with van der Waals surface area (Å²) >= 11 is 0. The van der Waals surface area contributed by atoms with Crippen LogP contribution in [0.25, 0.3) is 0 Å². The first-order valence-electron chi connectivity index (χ1n) is 7.87. The Bertz CT molecular complexity index is 628. The molecule has 2 aromatic rings. The Morgan fingerprint density at radius 2 is 1.79 bits per heavy atom. The van der Waals surface area contributed by atoms with Crippen molar-refractivity contribution in [3.8, 4) is 5.75 Å². The lowest BCUT2D eigenvalue weighted by molar-refractivity contribution is 0.0600. The summed E-state index contributed by atoms with van der Waals surface area (Å²) in [5.41, 5.74) is 1.63. The van der Waals surface area contributed by atoms with Crippen LogP contribution in [0.5, 0.6) is 5.75 Å². The quantitative estimate of drug-likeness (QED) is 0.729. The highest BCUT2D eigenvalue weighted by atomic mass is 16.5. The molecular weight excluding hydrogens is 306 g/mol. The van der Waals surface area contributed by atoms with Gasteiger partial charge in [0.1, 0.15) is 18.5 Å². The van der Waals surface area contributed by atoms with Crippen LogP contribution in [0, 0.1) is 0 Å². The monoisotopic (exact) mass is 329 g/mol. The van der Waals surface area contributed by atoms with E-state index in [1.807, 2.05) is 30.3 Å². The van der Waals surface area contributed by atoms with Crippen molar-refractivity contribution < 1.29 is 19.4 Å². The van der Waals surface area contributed by atoms with Crippen LogP contribution in [0.15, 0.2) is 54.6 Å². The number of benzene rings is 2. The maximum absolute atomic E-state index is 11.3. The van der Waals surface area contributed by atoms with E-state index in [0.29, 0.717) is 17.9 Å². The van der Waals surface area contributed by atoms with Crippen molar-refractivity contribution in [1.82, 2.24) is 5.32 Å². The molecule has 0 radical (unpaired) electrons. The average Bonchev–Trinajstić information content (AvgIpc) is 2.64. The van der Waals surface area contributed by atoms with Gasteiger partial charge in [-0.1, -0.05) is 30.3 Å². The van der Waals surface area contributed by atoms with E-state index in [0.717, 1.165) is 0 Å². The van der Waals surface area contributed by atoms with E-state index in [1.54, 1.807) is 24.3 Å². The summed E-state index contributed by atoms with van der Waals surface area (Å²) in [5.74, 6) is 0.207. The first-order valence-corrected chi connectivity index (χ1v) is 7.87. The molecule has 0 aliphatic heterocycles. The molecule has 5 heteroatoms. The maximum atomic E-state index is 11.3. The molecule has 0 bridgehead atoms. The Balaban J connectivity index is 1.75. The third-order valence-electron chi connectivity index (χ3n) is 3.68. The standard InChI is InChI=1S/C19H23NO4/c1-14(15-6-4-3-5-7-15)20-12-17(21)13-24-18-10-8-16(9-11-18)19(22)23-2/h3-11,14,17,20-21H,12-13H2,1-2H3/t14-,17-/m0/s1. The van der Waals surface area contributed by atoms with Crippen molar-refractivity contribution in [3.63, 3.8) is 0 Å². The zero-order chi connectivity index (χ0) is 17.4. The smallest absolute Gasteiger partial charge is 0.337 e. The third kappa shape index (κ3) is 5.37. The van der Waals surface area contributed by atoms with Gasteiger partial charge in [-0.2, -0.15) is 0 Å². The van der Waals surface area contributed by atoms with Crippen LogP contribution in [0.4, 0.5) is 0 Å². The van der Waals surface area contributed by atoms with Gasteiger partial charge in [-0.05, 0) is 36.8 Å². The fraction of sp³-hybridized carbons (Fsp3) is 0.316. The van der Waals surface area contributed by atoms with Gasteiger partial charge in [0.2, 0.25) is 0 Å². The molecule has 0 aliphatic carbocycles. The van der Waals surface area contributed by atoms with E-state index in [2.05, 4.69) is 17.0 Å². The van der Waals surface area contributed by atoms with E-state index in [1.165, 1.54) is 12.7 Å². The molecule has 0 aliphatic rings. The molecular formula is C19H23NO4. The highest BCUT2D eigenvalue weighted by Crippen LogP contribution is 2.14.